The van der Waals surface area contributed by atoms with Gasteiger partial charge in [-0.2, -0.15) is 0 Å². The van der Waals surface area contributed by atoms with Gasteiger partial charge in [-0.3, -0.25) is 4.98 Å². The van der Waals surface area contributed by atoms with Crippen LogP contribution >= 0.6 is 0 Å². The summed E-state index contributed by atoms with van der Waals surface area (Å²) in [4.78, 5) is 4.60. The number of nitrogens with two attached hydrogens (primary N) is 1. The molecule has 0 radical (unpaired) electrons. The molecule has 2 N–H and O–H groups in total. The molecule has 2 nitrogen and oxygen atoms in total. The van der Waals surface area contributed by atoms with Crippen molar-refractivity contribution in [1.29, 1.82) is 0 Å². The number of benzene rings is 2. The minimum atomic E-state index is -0.241. The second-order valence-corrected chi connectivity index (χ2v) is 5.31. The summed E-state index contributed by atoms with van der Waals surface area (Å²) in [7, 11) is 0. The van der Waals surface area contributed by atoms with Gasteiger partial charge in [0.15, 0.2) is 0 Å². The van der Waals surface area contributed by atoms with Crippen molar-refractivity contribution in [2.45, 2.75) is 19.4 Å². The van der Waals surface area contributed by atoms with Crippen LogP contribution < -0.4 is 5.73 Å². The highest BCUT2D eigenvalue weighted by molar-refractivity contribution is 5.78. The fourth-order valence-electron chi connectivity index (χ4n) is 2.49. The molecule has 2 aromatic carbocycles. The Morgan fingerprint density at radius 3 is 2.76 bits per heavy atom. The molecule has 1 atom stereocenters. The highest BCUT2D eigenvalue weighted by atomic mass is 19.1. The Labute approximate surface area is 123 Å². The highest BCUT2D eigenvalue weighted by Gasteiger charge is 2.11. The molecule has 1 aromatic heterocycles. The Morgan fingerprint density at radius 1 is 1.10 bits per heavy atom. The van der Waals surface area contributed by atoms with E-state index in [9.17, 15) is 4.39 Å². The molecule has 1 heterocycles. The summed E-state index contributed by atoms with van der Waals surface area (Å²) in [6.07, 6.45) is 0.578. The summed E-state index contributed by atoms with van der Waals surface area (Å²) in [6.45, 7) is 1.97. The van der Waals surface area contributed by atoms with E-state index in [0.717, 1.165) is 27.7 Å². The lowest BCUT2D eigenvalue weighted by molar-refractivity contribution is 0.620. The third-order valence-corrected chi connectivity index (χ3v) is 3.75. The number of para-hydroxylation sites is 1. The first kappa shape index (κ1) is 13.7. The quantitative estimate of drug-likeness (QED) is 0.789. The van der Waals surface area contributed by atoms with Crippen LogP contribution in [0.5, 0.6) is 0 Å². The van der Waals surface area contributed by atoms with Crippen LogP contribution in [0.2, 0.25) is 0 Å². The molecule has 0 saturated heterocycles. The van der Waals surface area contributed by atoms with Crippen molar-refractivity contribution in [3.05, 3.63) is 77.2 Å². The van der Waals surface area contributed by atoms with Gasteiger partial charge in [-0.1, -0.05) is 30.3 Å². The number of halogens is 1. The van der Waals surface area contributed by atoms with Crippen molar-refractivity contribution in [1.82, 2.24) is 4.98 Å². The smallest absolute Gasteiger partial charge is 0.123 e. The number of nitrogens with zero attached hydrogens (tertiary/aromatic N) is 1. The predicted molar refractivity (Wildman–Crippen MR) is 83.5 cm³/mol. The van der Waals surface area contributed by atoms with Gasteiger partial charge >= 0.3 is 0 Å². The van der Waals surface area contributed by atoms with E-state index in [1.807, 2.05) is 43.3 Å². The Hall–Kier alpha value is -2.26. The van der Waals surface area contributed by atoms with E-state index in [-0.39, 0.29) is 11.9 Å². The van der Waals surface area contributed by atoms with Gasteiger partial charge in [0.2, 0.25) is 0 Å². The number of hydrogen-bond donors (Lipinski definition) is 1. The maximum Gasteiger partial charge on any atom is 0.123 e. The minimum absolute atomic E-state index is 0.228. The molecule has 3 heteroatoms. The first-order chi connectivity index (χ1) is 10.1. The average molecular weight is 280 g/mol. The second-order valence-electron chi connectivity index (χ2n) is 5.31. The maximum absolute atomic E-state index is 13.4. The van der Waals surface area contributed by atoms with Crippen molar-refractivity contribution < 1.29 is 4.39 Å². The molecule has 3 rings (SSSR count). The zero-order chi connectivity index (χ0) is 14.8. The van der Waals surface area contributed by atoms with Gasteiger partial charge in [-0.25, -0.2) is 4.39 Å². The van der Waals surface area contributed by atoms with E-state index in [1.165, 1.54) is 6.07 Å². The molecule has 0 bridgehead atoms. The van der Waals surface area contributed by atoms with Crippen molar-refractivity contribution in [2.24, 2.45) is 5.73 Å². The SMILES string of the molecule is Cc1ccc(F)cc1CC(N)c1ccc2ccccc2n1. The van der Waals surface area contributed by atoms with Crippen LogP contribution in [0.3, 0.4) is 0 Å². The fraction of sp³-hybridized carbons (Fsp3) is 0.167. The zero-order valence-electron chi connectivity index (χ0n) is 11.9. The number of pyridine rings is 1. The Morgan fingerprint density at radius 2 is 1.90 bits per heavy atom. The third-order valence-electron chi connectivity index (χ3n) is 3.75. The summed E-state index contributed by atoms with van der Waals surface area (Å²) >= 11 is 0. The van der Waals surface area contributed by atoms with Gasteiger partial charge in [0.25, 0.3) is 0 Å². The van der Waals surface area contributed by atoms with Crippen molar-refractivity contribution in [2.75, 3.05) is 0 Å². The lowest BCUT2D eigenvalue weighted by Crippen LogP contribution is -2.15. The van der Waals surface area contributed by atoms with Gasteiger partial charge in [0.1, 0.15) is 5.82 Å². The second kappa shape index (κ2) is 5.62. The van der Waals surface area contributed by atoms with Crippen LogP contribution in [0.15, 0.2) is 54.6 Å². The first-order valence-electron chi connectivity index (χ1n) is 7.00. The van der Waals surface area contributed by atoms with E-state index in [2.05, 4.69) is 4.98 Å². The molecular weight excluding hydrogens is 263 g/mol. The standard InChI is InChI=1S/C18H17FN2/c1-12-6-8-15(19)10-14(12)11-16(20)18-9-7-13-4-2-3-5-17(13)21-18/h2-10,16H,11,20H2,1H3. The van der Waals surface area contributed by atoms with Gasteiger partial charge in [0.05, 0.1) is 17.3 Å². The lowest BCUT2D eigenvalue weighted by Gasteiger charge is -2.14. The van der Waals surface area contributed by atoms with E-state index in [4.69, 9.17) is 5.73 Å². The normalized spacial score (nSPS) is 12.5. The fourth-order valence-corrected chi connectivity index (χ4v) is 2.49. The summed E-state index contributed by atoms with van der Waals surface area (Å²) in [6, 6.07) is 16.5. The van der Waals surface area contributed by atoms with Gasteiger partial charge in [-0.15, -0.1) is 0 Å². The topological polar surface area (TPSA) is 38.9 Å². The van der Waals surface area contributed by atoms with Crippen molar-refractivity contribution in [3.63, 3.8) is 0 Å². The van der Waals surface area contributed by atoms with Gasteiger partial charge in [-0.05, 0) is 48.7 Å². The number of fused-ring (bicyclic) bond motifs is 1. The van der Waals surface area contributed by atoms with Crippen LogP contribution in [-0.2, 0) is 6.42 Å². The molecule has 0 amide bonds. The monoisotopic (exact) mass is 280 g/mol. The number of rotatable bonds is 3. The molecule has 0 saturated carbocycles. The van der Waals surface area contributed by atoms with E-state index >= 15 is 0 Å². The van der Waals surface area contributed by atoms with Crippen molar-refractivity contribution >= 4 is 10.9 Å². The summed E-state index contributed by atoms with van der Waals surface area (Å²) in [5.74, 6) is -0.228. The molecular formula is C18H17FN2. The molecule has 0 aliphatic heterocycles. The average Bonchev–Trinajstić information content (AvgIpc) is 2.50. The highest BCUT2D eigenvalue weighted by Crippen LogP contribution is 2.20. The molecule has 0 aliphatic carbocycles. The van der Waals surface area contributed by atoms with Crippen LogP contribution in [-0.4, -0.2) is 4.98 Å². The molecule has 21 heavy (non-hydrogen) atoms. The molecule has 106 valence electrons. The van der Waals surface area contributed by atoms with Gasteiger partial charge < -0.3 is 5.73 Å². The summed E-state index contributed by atoms with van der Waals surface area (Å²) in [5, 5.41) is 1.09. The van der Waals surface area contributed by atoms with E-state index in [1.54, 1.807) is 12.1 Å². The third kappa shape index (κ3) is 2.93. The molecule has 1 unspecified atom stereocenters. The molecule has 3 aromatic rings. The van der Waals surface area contributed by atoms with Crippen molar-refractivity contribution in [3.8, 4) is 0 Å². The molecule has 0 aliphatic rings. The number of aromatic nitrogens is 1. The Bertz CT molecular complexity index is 783. The Balaban J connectivity index is 1.89. The van der Waals surface area contributed by atoms with Crippen LogP contribution in [0.25, 0.3) is 10.9 Å². The Kier molecular flexibility index (Phi) is 3.67. The molecule has 0 fully saturated rings. The van der Waals surface area contributed by atoms with Crippen LogP contribution in [0.4, 0.5) is 4.39 Å². The van der Waals surface area contributed by atoms with E-state index < -0.39 is 0 Å². The van der Waals surface area contributed by atoms with Crippen LogP contribution in [0, 0.1) is 12.7 Å². The maximum atomic E-state index is 13.4. The minimum Gasteiger partial charge on any atom is -0.322 e. The first-order valence-corrected chi connectivity index (χ1v) is 7.00. The summed E-state index contributed by atoms with van der Waals surface area (Å²) in [5.41, 5.74) is 9.99. The molecule has 0 spiro atoms. The lowest BCUT2D eigenvalue weighted by atomic mass is 9.99. The largest absolute Gasteiger partial charge is 0.322 e. The van der Waals surface area contributed by atoms with E-state index in [0.29, 0.717) is 6.42 Å². The zero-order valence-corrected chi connectivity index (χ0v) is 11.9. The van der Waals surface area contributed by atoms with Crippen LogP contribution in [0.1, 0.15) is 22.9 Å². The van der Waals surface area contributed by atoms with Gasteiger partial charge in [0, 0.05) is 5.39 Å². The predicted octanol–water partition coefficient (Wildman–Crippen LogP) is 3.92. The summed E-state index contributed by atoms with van der Waals surface area (Å²) < 4.78 is 13.4. The number of hydrogen-bond acceptors (Lipinski definition) is 2. The number of aryl methyl sites for hydroxylation is 1.